The molecular weight excluding hydrogens is 355 g/mol. The molecule has 1 aliphatic rings. The van der Waals surface area contributed by atoms with Crippen molar-refractivity contribution in [3.05, 3.63) is 59.0 Å². The highest BCUT2D eigenvalue weighted by Gasteiger charge is 2.45. The molecule has 2 atom stereocenters. The van der Waals surface area contributed by atoms with Gasteiger partial charge >= 0.3 is 0 Å². The maximum Gasteiger partial charge on any atom is 0.265 e. The Kier molecular flexibility index (Phi) is 4.04. The predicted octanol–water partition coefficient (Wildman–Crippen LogP) is 3.12. The van der Waals surface area contributed by atoms with Crippen LogP contribution in [-0.4, -0.2) is 21.8 Å². The number of nitrogens with zero attached hydrogens (tertiary/aromatic N) is 1. The van der Waals surface area contributed by atoms with E-state index in [9.17, 15) is 14.0 Å². The van der Waals surface area contributed by atoms with Gasteiger partial charge in [0.05, 0.1) is 5.69 Å². The number of halogens is 1. The number of hydrogen-bond acceptors (Lipinski definition) is 4. The summed E-state index contributed by atoms with van der Waals surface area (Å²) in [5, 5.41) is 5.03. The Morgan fingerprint density at radius 2 is 2.15 bits per heavy atom. The number of carbonyl (C=O) groups excluding carboxylic acids is 2. The third-order valence-electron chi connectivity index (χ3n) is 4.41. The van der Waals surface area contributed by atoms with Crippen molar-refractivity contribution in [1.29, 1.82) is 0 Å². The zero-order valence-electron chi connectivity index (χ0n) is 13.5. The fourth-order valence-electron chi connectivity index (χ4n) is 2.95. The minimum atomic E-state index is -0.548. The monoisotopic (exact) mass is 370 g/mol. The normalized spacial score (nSPS) is 18.5. The number of thiazole rings is 1. The molecule has 2 amide bonds. The van der Waals surface area contributed by atoms with Gasteiger partial charge in [0, 0.05) is 23.1 Å². The third kappa shape index (κ3) is 3.11. The zero-order chi connectivity index (χ0) is 18.3. The Morgan fingerprint density at radius 1 is 1.35 bits per heavy atom. The molecule has 1 aliphatic carbocycles. The number of primary amides is 1. The van der Waals surface area contributed by atoms with Gasteiger partial charge in [0.15, 0.2) is 5.13 Å². The summed E-state index contributed by atoms with van der Waals surface area (Å²) in [4.78, 5) is 30.7. The molecular formula is C18H15FN4O2S. The van der Waals surface area contributed by atoms with Crippen LogP contribution in [0.15, 0.2) is 41.9 Å². The first-order chi connectivity index (χ1) is 12.5. The first kappa shape index (κ1) is 16.5. The van der Waals surface area contributed by atoms with Crippen LogP contribution in [0.5, 0.6) is 0 Å². The van der Waals surface area contributed by atoms with E-state index in [-0.39, 0.29) is 23.6 Å². The molecule has 6 nitrogen and oxygen atoms in total. The van der Waals surface area contributed by atoms with E-state index < -0.39 is 5.91 Å². The van der Waals surface area contributed by atoms with Crippen LogP contribution in [0.1, 0.15) is 28.4 Å². The lowest BCUT2D eigenvalue weighted by Crippen LogP contribution is -2.14. The van der Waals surface area contributed by atoms with Gasteiger partial charge in [-0.3, -0.25) is 9.59 Å². The molecule has 2 aromatic heterocycles. The number of anilines is 1. The highest BCUT2D eigenvalue weighted by atomic mass is 32.1. The van der Waals surface area contributed by atoms with Crippen LogP contribution in [0.4, 0.5) is 9.52 Å². The number of rotatable bonds is 5. The second-order valence-electron chi connectivity index (χ2n) is 6.16. The summed E-state index contributed by atoms with van der Waals surface area (Å²) in [7, 11) is 0. The highest BCUT2D eigenvalue weighted by Crippen LogP contribution is 2.48. The second-order valence-corrected chi connectivity index (χ2v) is 7.02. The van der Waals surface area contributed by atoms with Gasteiger partial charge in [0.1, 0.15) is 11.5 Å². The Labute approximate surface area is 152 Å². The number of aromatic nitrogens is 2. The van der Waals surface area contributed by atoms with Crippen LogP contribution >= 0.6 is 11.3 Å². The first-order valence-corrected chi connectivity index (χ1v) is 8.90. The predicted molar refractivity (Wildman–Crippen MR) is 96.3 cm³/mol. The van der Waals surface area contributed by atoms with Gasteiger partial charge in [-0.25, -0.2) is 9.37 Å². The summed E-state index contributed by atoms with van der Waals surface area (Å²) in [5.74, 6) is -1.31. The van der Waals surface area contributed by atoms with E-state index in [1.54, 1.807) is 35.8 Å². The number of nitrogens with two attached hydrogens (primary N) is 1. The van der Waals surface area contributed by atoms with Crippen molar-refractivity contribution in [3.63, 3.8) is 0 Å². The van der Waals surface area contributed by atoms with Crippen LogP contribution in [-0.2, 0) is 4.79 Å². The Bertz CT molecular complexity index is 997. The van der Waals surface area contributed by atoms with Crippen molar-refractivity contribution in [2.24, 2.45) is 11.7 Å². The molecule has 0 spiro atoms. The molecule has 3 aromatic rings. The van der Waals surface area contributed by atoms with Crippen molar-refractivity contribution in [2.75, 3.05) is 5.32 Å². The van der Waals surface area contributed by atoms with Gasteiger partial charge in [-0.15, -0.1) is 11.3 Å². The summed E-state index contributed by atoms with van der Waals surface area (Å²) < 4.78 is 13.8. The maximum absolute atomic E-state index is 13.8. The molecule has 1 saturated carbocycles. The third-order valence-corrected chi connectivity index (χ3v) is 5.17. The number of hydrogen-bond donors (Lipinski definition) is 3. The fourth-order valence-corrected chi connectivity index (χ4v) is 3.67. The lowest BCUT2D eigenvalue weighted by Gasteiger charge is -2.02. The molecule has 0 radical (unpaired) electrons. The lowest BCUT2D eigenvalue weighted by molar-refractivity contribution is -0.117. The maximum atomic E-state index is 13.8. The summed E-state index contributed by atoms with van der Waals surface area (Å²) >= 11 is 1.29. The van der Waals surface area contributed by atoms with E-state index in [0.29, 0.717) is 34.1 Å². The van der Waals surface area contributed by atoms with Crippen LogP contribution in [0.25, 0.3) is 11.3 Å². The summed E-state index contributed by atoms with van der Waals surface area (Å²) in [6, 6.07) is 8.15. The molecule has 132 valence electrons. The quantitative estimate of drug-likeness (QED) is 0.643. The number of aromatic amines is 1. The Hall–Kier alpha value is -3.00. The average molecular weight is 370 g/mol. The molecule has 4 N–H and O–H groups in total. The summed E-state index contributed by atoms with van der Waals surface area (Å²) in [6.07, 6.45) is 2.26. The van der Waals surface area contributed by atoms with E-state index >= 15 is 0 Å². The van der Waals surface area contributed by atoms with Crippen molar-refractivity contribution in [1.82, 2.24) is 9.97 Å². The van der Waals surface area contributed by atoms with Gasteiger partial charge in [-0.1, -0.05) is 18.2 Å². The largest absolute Gasteiger partial charge is 0.364 e. The van der Waals surface area contributed by atoms with E-state index in [1.165, 1.54) is 17.4 Å². The molecule has 8 heteroatoms. The van der Waals surface area contributed by atoms with E-state index in [1.807, 2.05) is 0 Å². The summed E-state index contributed by atoms with van der Waals surface area (Å²) in [5.41, 5.74) is 7.44. The van der Waals surface area contributed by atoms with Crippen LogP contribution in [0, 0.1) is 11.7 Å². The SMILES string of the molecule is NC(=O)c1cc(-c2csc(NC(=O)C3CC3c3ccccc3F)n2)c[nH]1. The minimum Gasteiger partial charge on any atom is -0.364 e. The molecule has 0 aliphatic heterocycles. The summed E-state index contributed by atoms with van der Waals surface area (Å²) in [6.45, 7) is 0. The molecule has 26 heavy (non-hydrogen) atoms. The molecule has 1 fully saturated rings. The molecule has 2 unspecified atom stereocenters. The van der Waals surface area contributed by atoms with Crippen LogP contribution in [0.2, 0.25) is 0 Å². The van der Waals surface area contributed by atoms with Gasteiger partial charge in [-0.2, -0.15) is 0 Å². The van der Waals surface area contributed by atoms with E-state index in [2.05, 4.69) is 15.3 Å². The fraction of sp³-hybridized carbons (Fsp3) is 0.167. The molecule has 4 rings (SSSR count). The van der Waals surface area contributed by atoms with Gasteiger partial charge in [-0.05, 0) is 30.0 Å². The standard InChI is InChI=1S/C18H15FN4O2S/c19-13-4-2-1-3-10(13)11-6-12(11)17(25)23-18-22-15(8-26-18)9-5-14(16(20)24)21-7-9/h1-5,7-8,11-12,21H,6H2,(H2,20,24)(H,22,23,25). The van der Waals surface area contributed by atoms with Crippen molar-refractivity contribution >= 4 is 28.3 Å². The topological polar surface area (TPSA) is 101 Å². The second kappa shape index (κ2) is 6.38. The Balaban J connectivity index is 1.42. The number of nitrogens with one attached hydrogen (secondary N) is 2. The number of amides is 2. The average Bonchev–Trinajstić information content (AvgIpc) is 3.03. The van der Waals surface area contributed by atoms with Gasteiger partial charge in [0.2, 0.25) is 5.91 Å². The van der Waals surface area contributed by atoms with Gasteiger partial charge in [0.25, 0.3) is 5.91 Å². The van der Waals surface area contributed by atoms with Crippen molar-refractivity contribution in [2.45, 2.75) is 12.3 Å². The van der Waals surface area contributed by atoms with Crippen LogP contribution < -0.4 is 11.1 Å². The van der Waals surface area contributed by atoms with Crippen molar-refractivity contribution < 1.29 is 14.0 Å². The van der Waals surface area contributed by atoms with Crippen LogP contribution in [0.3, 0.4) is 0 Å². The number of carbonyl (C=O) groups is 2. The minimum absolute atomic E-state index is 0.0848. The number of benzene rings is 1. The number of H-pyrrole nitrogens is 1. The lowest BCUT2D eigenvalue weighted by atomic mass is 10.1. The first-order valence-electron chi connectivity index (χ1n) is 8.02. The van der Waals surface area contributed by atoms with Gasteiger partial charge < -0.3 is 16.0 Å². The molecule has 0 saturated heterocycles. The Morgan fingerprint density at radius 3 is 2.88 bits per heavy atom. The smallest absolute Gasteiger partial charge is 0.265 e. The zero-order valence-corrected chi connectivity index (χ0v) is 14.3. The molecule has 0 bridgehead atoms. The van der Waals surface area contributed by atoms with E-state index in [0.717, 1.165) is 0 Å². The molecule has 2 heterocycles. The van der Waals surface area contributed by atoms with Crippen molar-refractivity contribution in [3.8, 4) is 11.3 Å². The molecule has 1 aromatic carbocycles. The van der Waals surface area contributed by atoms with E-state index in [4.69, 9.17) is 5.73 Å². The highest BCUT2D eigenvalue weighted by molar-refractivity contribution is 7.14.